The summed E-state index contributed by atoms with van der Waals surface area (Å²) in [6.45, 7) is 0. The molecule has 0 aliphatic carbocycles. The van der Waals surface area contributed by atoms with Crippen LogP contribution in [0, 0.1) is 11.9 Å². The standard InChI is InChI=1S/C11H7FN.Ir/c12-10-6-7-11(13-8-10)9-4-2-1-3-5-9;/h1-4,6-8H;/q-1;. The summed E-state index contributed by atoms with van der Waals surface area (Å²) in [5, 5.41) is 0. The minimum atomic E-state index is -0.320. The van der Waals surface area contributed by atoms with Crippen LogP contribution in [0.1, 0.15) is 0 Å². The van der Waals surface area contributed by atoms with Gasteiger partial charge in [-0.3, -0.25) is 0 Å². The van der Waals surface area contributed by atoms with Crippen molar-refractivity contribution < 1.29 is 24.5 Å². The Morgan fingerprint density at radius 1 is 1.14 bits per heavy atom. The zero-order valence-electron chi connectivity index (χ0n) is 7.20. The first-order valence-corrected chi connectivity index (χ1v) is 3.95. The quantitative estimate of drug-likeness (QED) is 0.709. The number of aromatic nitrogens is 1. The molecule has 0 atom stereocenters. The van der Waals surface area contributed by atoms with Gasteiger partial charge in [-0.1, -0.05) is 6.07 Å². The molecule has 2 rings (SSSR count). The Morgan fingerprint density at radius 2 is 2.00 bits per heavy atom. The van der Waals surface area contributed by atoms with Crippen molar-refractivity contribution in [2.45, 2.75) is 0 Å². The van der Waals surface area contributed by atoms with Gasteiger partial charge in [0.1, 0.15) is 5.82 Å². The van der Waals surface area contributed by atoms with E-state index in [1.807, 2.05) is 18.2 Å². The maximum Gasteiger partial charge on any atom is 0.139 e. The van der Waals surface area contributed by atoms with Crippen molar-refractivity contribution in [1.29, 1.82) is 0 Å². The fourth-order valence-electron chi connectivity index (χ4n) is 1.09. The van der Waals surface area contributed by atoms with Crippen molar-refractivity contribution in [3.05, 3.63) is 54.5 Å². The molecule has 0 saturated carbocycles. The van der Waals surface area contributed by atoms with E-state index >= 15 is 0 Å². The number of hydrogen-bond donors (Lipinski definition) is 0. The smallest absolute Gasteiger partial charge is 0.139 e. The Kier molecular flexibility index (Phi) is 3.93. The number of halogens is 1. The van der Waals surface area contributed by atoms with E-state index in [1.54, 1.807) is 12.1 Å². The molecule has 0 N–H and O–H groups in total. The normalized spacial score (nSPS) is 9.21. The van der Waals surface area contributed by atoms with Gasteiger partial charge in [-0.15, -0.1) is 35.9 Å². The summed E-state index contributed by atoms with van der Waals surface area (Å²) in [4.78, 5) is 3.94. The van der Waals surface area contributed by atoms with Gasteiger partial charge in [0.2, 0.25) is 0 Å². The van der Waals surface area contributed by atoms with E-state index in [-0.39, 0.29) is 25.9 Å². The second-order valence-electron chi connectivity index (χ2n) is 2.64. The molecule has 0 unspecified atom stereocenters. The molecule has 1 heterocycles. The Bertz CT molecular complexity index is 386. The molecular formula is C11H7FIrN-. The summed E-state index contributed by atoms with van der Waals surface area (Å²) in [6.07, 6.45) is 1.20. The van der Waals surface area contributed by atoms with Crippen LogP contribution in [0.4, 0.5) is 4.39 Å². The molecule has 0 saturated heterocycles. The molecule has 1 aromatic heterocycles. The Balaban J connectivity index is 0.000000980. The van der Waals surface area contributed by atoms with E-state index in [0.717, 1.165) is 11.3 Å². The van der Waals surface area contributed by atoms with Gasteiger partial charge in [-0.2, -0.15) is 0 Å². The van der Waals surface area contributed by atoms with Crippen LogP contribution in [0.25, 0.3) is 11.3 Å². The monoisotopic (exact) mass is 365 g/mol. The van der Waals surface area contributed by atoms with E-state index < -0.39 is 0 Å². The fourth-order valence-corrected chi connectivity index (χ4v) is 1.09. The molecule has 0 aliphatic heterocycles. The molecule has 0 bridgehead atoms. The molecule has 2 aromatic rings. The second-order valence-corrected chi connectivity index (χ2v) is 2.64. The van der Waals surface area contributed by atoms with Gasteiger partial charge in [0.15, 0.2) is 0 Å². The molecular weight excluding hydrogens is 357 g/mol. The Morgan fingerprint density at radius 3 is 2.57 bits per heavy atom. The summed E-state index contributed by atoms with van der Waals surface area (Å²) in [5.74, 6) is -0.320. The topological polar surface area (TPSA) is 12.9 Å². The van der Waals surface area contributed by atoms with Crippen LogP contribution in [0.3, 0.4) is 0 Å². The van der Waals surface area contributed by atoms with Crippen LogP contribution in [0.5, 0.6) is 0 Å². The summed E-state index contributed by atoms with van der Waals surface area (Å²) >= 11 is 0. The summed E-state index contributed by atoms with van der Waals surface area (Å²) in [5.41, 5.74) is 1.62. The van der Waals surface area contributed by atoms with Crippen molar-refractivity contribution in [3.63, 3.8) is 0 Å². The number of nitrogens with zero attached hydrogens (tertiary/aromatic N) is 1. The molecule has 0 spiro atoms. The predicted octanol–water partition coefficient (Wildman–Crippen LogP) is 2.69. The average Bonchev–Trinajstić information content (AvgIpc) is 2.20. The molecule has 0 fully saturated rings. The van der Waals surface area contributed by atoms with E-state index in [0.29, 0.717) is 0 Å². The van der Waals surface area contributed by atoms with Crippen molar-refractivity contribution >= 4 is 0 Å². The van der Waals surface area contributed by atoms with Gasteiger partial charge in [0.05, 0.1) is 6.20 Å². The van der Waals surface area contributed by atoms with E-state index in [9.17, 15) is 4.39 Å². The number of pyridine rings is 1. The first-order valence-electron chi connectivity index (χ1n) is 3.95. The first-order chi connectivity index (χ1) is 6.36. The molecule has 0 aliphatic rings. The van der Waals surface area contributed by atoms with Gasteiger partial charge in [-0.25, -0.2) is 4.39 Å². The summed E-state index contributed by atoms with van der Waals surface area (Å²) in [6, 6.07) is 13.5. The van der Waals surface area contributed by atoms with E-state index in [4.69, 9.17) is 0 Å². The van der Waals surface area contributed by atoms with Crippen LogP contribution in [0.15, 0.2) is 42.6 Å². The van der Waals surface area contributed by atoms with E-state index in [1.165, 1.54) is 12.3 Å². The maximum absolute atomic E-state index is 12.5. The molecule has 3 heteroatoms. The largest absolute Gasteiger partial charge is 0.302 e. The number of rotatable bonds is 1. The van der Waals surface area contributed by atoms with Crippen molar-refractivity contribution in [2.24, 2.45) is 0 Å². The SMILES string of the molecule is Fc1ccc(-c2[c-]cccc2)nc1.[Ir]. The molecule has 14 heavy (non-hydrogen) atoms. The molecule has 1 nitrogen and oxygen atoms in total. The van der Waals surface area contributed by atoms with Crippen molar-refractivity contribution in [3.8, 4) is 11.3 Å². The molecule has 73 valence electrons. The van der Waals surface area contributed by atoms with E-state index in [2.05, 4.69) is 11.1 Å². The zero-order valence-corrected chi connectivity index (χ0v) is 9.60. The summed E-state index contributed by atoms with van der Waals surface area (Å²) < 4.78 is 12.5. The van der Waals surface area contributed by atoms with Gasteiger partial charge in [0, 0.05) is 20.1 Å². The Hall–Kier alpha value is -1.05. The number of benzene rings is 1. The van der Waals surface area contributed by atoms with Crippen LogP contribution < -0.4 is 0 Å². The van der Waals surface area contributed by atoms with Gasteiger partial charge in [0.25, 0.3) is 0 Å². The number of hydrogen-bond acceptors (Lipinski definition) is 1. The van der Waals surface area contributed by atoms with Crippen LogP contribution in [0.2, 0.25) is 0 Å². The third-order valence-corrected chi connectivity index (χ3v) is 1.71. The Labute approximate surface area is 95.4 Å². The van der Waals surface area contributed by atoms with Crippen LogP contribution in [-0.2, 0) is 20.1 Å². The van der Waals surface area contributed by atoms with Crippen molar-refractivity contribution in [2.75, 3.05) is 0 Å². The fraction of sp³-hybridized carbons (Fsp3) is 0. The predicted molar refractivity (Wildman–Crippen MR) is 48.5 cm³/mol. The van der Waals surface area contributed by atoms with Gasteiger partial charge >= 0.3 is 0 Å². The van der Waals surface area contributed by atoms with Crippen molar-refractivity contribution in [1.82, 2.24) is 4.98 Å². The van der Waals surface area contributed by atoms with Crippen LogP contribution >= 0.6 is 0 Å². The van der Waals surface area contributed by atoms with Gasteiger partial charge in [-0.05, 0) is 11.8 Å². The molecule has 1 radical (unpaired) electrons. The second kappa shape index (κ2) is 4.99. The van der Waals surface area contributed by atoms with Gasteiger partial charge < -0.3 is 4.98 Å². The summed E-state index contributed by atoms with van der Waals surface area (Å²) in [7, 11) is 0. The first kappa shape index (κ1) is 11.0. The molecule has 0 amide bonds. The minimum Gasteiger partial charge on any atom is -0.302 e. The zero-order chi connectivity index (χ0) is 9.10. The third-order valence-electron chi connectivity index (χ3n) is 1.71. The van der Waals surface area contributed by atoms with Crippen LogP contribution in [-0.4, -0.2) is 4.98 Å². The third kappa shape index (κ3) is 2.47. The maximum atomic E-state index is 12.5. The molecule has 1 aromatic carbocycles. The average molecular weight is 364 g/mol. The minimum absolute atomic E-state index is 0.